The smallest absolute Gasteiger partial charge is 0.251 e. The largest absolute Gasteiger partial charge is 0.472 e. The van der Waals surface area contributed by atoms with Gasteiger partial charge in [0.1, 0.15) is 0 Å². The number of amides is 1. The second-order valence-electron chi connectivity index (χ2n) is 5.97. The first-order valence-corrected chi connectivity index (χ1v) is 10.3. The Bertz CT molecular complexity index is 841. The number of carbonyl (C=O) groups excluding carboxylic acids is 1. The van der Waals surface area contributed by atoms with Crippen LogP contribution in [-0.4, -0.2) is 46.9 Å². The maximum absolute atomic E-state index is 12.6. The van der Waals surface area contributed by atoms with Crippen LogP contribution in [0.2, 0.25) is 0 Å². The summed E-state index contributed by atoms with van der Waals surface area (Å²) in [7, 11) is 0. The fourth-order valence-electron chi connectivity index (χ4n) is 3.10. The van der Waals surface area contributed by atoms with E-state index in [1.165, 1.54) is 0 Å². The fraction of sp³-hybridized carbons (Fsp3) is 0.333. The van der Waals surface area contributed by atoms with Crippen LogP contribution in [0.15, 0.2) is 46.7 Å². The summed E-state index contributed by atoms with van der Waals surface area (Å²) in [5.41, 5.74) is 4.53. The molecule has 0 saturated carbocycles. The number of hydrogen-bond donors (Lipinski definition) is 1. The monoisotopic (exact) mass is 373 g/mol. The van der Waals surface area contributed by atoms with E-state index in [4.69, 9.17) is 4.42 Å². The maximum Gasteiger partial charge on any atom is 0.251 e. The van der Waals surface area contributed by atoms with Crippen LogP contribution < -0.4 is 5.32 Å². The van der Waals surface area contributed by atoms with Gasteiger partial charge in [-0.1, -0.05) is 0 Å². The quantitative estimate of drug-likeness (QED) is 0.743. The molecule has 3 heterocycles. The van der Waals surface area contributed by atoms with Crippen LogP contribution in [0.5, 0.6) is 0 Å². The molecule has 1 aliphatic rings. The van der Waals surface area contributed by atoms with Gasteiger partial charge in [-0.25, -0.2) is 4.98 Å². The summed E-state index contributed by atoms with van der Waals surface area (Å²) < 4.78 is 6.30. The molecule has 1 atom stereocenters. The number of carbonyl (C=O) groups is 1. The molecule has 1 aliphatic heterocycles. The highest BCUT2D eigenvalue weighted by Crippen LogP contribution is 2.24. The van der Waals surface area contributed by atoms with Crippen molar-refractivity contribution < 1.29 is 9.21 Å². The topological polar surface area (TPSA) is 58.4 Å². The van der Waals surface area contributed by atoms with Gasteiger partial charge in [-0.15, -0.1) is 11.3 Å². The molecule has 1 aromatic carbocycles. The van der Waals surface area contributed by atoms with Crippen LogP contribution in [0.4, 0.5) is 0 Å². The summed E-state index contributed by atoms with van der Waals surface area (Å²) in [5.74, 6) is 2.21. The Balaban J connectivity index is 1.47. The average molecular weight is 374 g/mol. The van der Waals surface area contributed by atoms with Crippen molar-refractivity contribution in [3.8, 4) is 0 Å². The van der Waals surface area contributed by atoms with Gasteiger partial charge in [0.05, 0.1) is 34.3 Å². The molecule has 0 aliphatic carbocycles. The highest BCUT2D eigenvalue weighted by Gasteiger charge is 2.24. The molecule has 7 heteroatoms. The lowest BCUT2D eigenvalue weighted by atomic mass is 10.1. The first kappa shape index (κ1) is 16.6. The predicted molar refractivity (Wildman–Crippen MR) is 102 cm³/mol. The lowest BCUT2D eigenvalue weighted by Gasteiger charge is -2.34. The molecular weight excluding hydrogens is 354 g/mol. The van der Waals surface area contributed by atoms with Gasteiger partial charge in [0.15, 0.2) is 0 Å². The van der Waals surface area contributed by atoms with Gasteiger partial charge in [-0.3, -0.25) is 9.69 Å². The highest BCUT2D eigenvalue weighted by atomic mass is 32.2. The molecule has 1 unspecified atom stereocenters. The van der Waals surface area contributed by atoms with Crippen LogP contribution >= 0.6 is 23.1 Å². The van der Waals surface area contributed by atoms with Crippen LogP contribution in [-0.2, 0) is 0 Å². The number of furan rings is 1. The number of hydrogen-bond acceptors (Lipinski definition) is 6. The van der Waals surface area contributed by atoms with E-state index in [2.05, 4.69) is 15.2 Å². The molecule has 0 radical (unpaired) electrons. The standard InChI is InChI=1S/C18H19N3O2S2/c22-18(13-1-2-15-17(9-13)25-12-20-15)19-10-16(14-3-6-23-11-14)21-4-7-24-8-5-21/h1-3,6,9,11-12,16H,4-5,7-8,10H2,(H,19,22). The molecule has 1 saturated heterocycles. The van der Waals surface area contributed by atoms with E-state index in [1.54, 1.807) is 29.4 Å². The third kappa shape index (κ3) is 3.73. The lowest BCUT2D eigenvalue weighted by molar-refractivity contribution is 0.0935. The SMILES string of the molecule is O=C(NCC(c1ccoc1)N1CCSCC1)c1ccc2ncsc2c1. The van der Waals surface area contributed by atoms with Crippen LogP contribution in [0.1, 0.15) is 22.0 Å². The Labute approximate surface area is 154 Å². The zero-order valence-corrected chi connectivity index (χ0v) is 15.3. The Morgan fingerprint density at radius 1 is 1.32 bits per heavy atom. The molecule has 4 rings (SSSR count). The number of thiazole rings is 1. The van der Waals surface area contributed by atoms with Crippen molar-refractivity contribution in [2.45, 2.75) is 6.04 Å². The fourth-order valence-corrected chi connectivity index (χ4v) is 4.75. The second kappa shape index (κ2) is 7.59. The number of thioether (sulfide) groups is 1. The Hall–Kier alpha value is -1.83. The zero-order valence-electron chi connectivity index (χ0n) is 13.7. The summed E-state index contributed by atoms with van der Waals surface area (Å²) >= 11 is 3.53. The molecule has 3 aromatic rings. The van der Waals surface area contributed by atoms with E-state index >= 15 is 0 Å². The molecule has 2 aromatic heterocycles. The van der Waals surface area contributed by atoms with E-state index in [1.807, 2.05) is 36.0 Å². The van der Waals surface area contributed by atoms with Crippen molar-refractivity contribution >= 4 is 39.2 Å². The van der Waals surface area contributed by atoms with Crippen molar-refractivity contribution in [3.63, 3.8) is 0 Å². The minimum absolute atomic E-state index is 0.0461. The average Bonchev–Trinajstić information content (AvgIpc) is 3.34. The van der Waals surface area contributed by atoms with Crippen LogP contribution in [0.3, 0.4) is 0 Å². The van der Waals surface area contributed by atoms with E-state index in [0.717, 1.165) is 40.4 Å². The first-order chi connectivity index (χ1) is 12.3. The van der Waals surface area contributed by atoms with Crippen molar-refractivity contribution in [3.05, 3.63) is 53.4 Å². The van der Waals surface area contributed by atoms with Gasteiger partial charge < -0.3 is 9.73 Å². The first-order valence-electron chi connectivity index (χ1n) is 8.26. The van der Waals surface area contributed by atoms with E-state index in [9.17, 15) is 4.79 Å². The number of fused-ring (bicyclic) bond motifs is 1. The van der Waals surface area contributed by atoms with E-state index < -0.39 is 0 Å². The Morgan fingerprint density at radius 2 is 2.20 bits per heavy atom. The van der Waals surface area contributed by atoms with Gasteiger partial charge in [0.2, 0.25) is 0 Å². The molecule has 1 amide bonds. The maximum atomic E-state index is 12.6. The van der Waals surface area contributed by atoms with E-state index in [-0.39, 0.29) is 11.9 Å². The predicted octanol–water partition coefficient (Wildman–Crippen LogP) is 3.41. The third-order valence-electron chi connectivity index (χ3n) is 4.46. The Morgan fingerprint density at radius 3 is 3.00 bits per heavy atom. The third-order valence-corrected chi connectivity index (χ3v) is 6.20. The van der Waals surface area contributed by atoms with Gasteiger partial charge >= 0.3 is 0 Å². The Kier molecular flexibility index (Phi) is 5.05. The van der Waals surface area contributed by atoms with Crippen molar-refractivity contribution in [2.75, 3.05) is 31.1 Å². The van der Waals surface area contributed by atoms with Crippen LogP contribution in [0, 0.1) is 0 Å². The number of aromatic nitrogens is 1. The summed E-state index contributed by atoms with van der Waals surface area (Å²) in [6.07, 6.45) is 3.47. The normalized spacial score (nSPS) is 16.8. The number of rotatable bonds is 5. The van der Waals surface area contributed by atoms with Crippen LogP contribution in [0.25, 0.3) is 10.2 Å². The van der Waals surface area contributed by atoms with Gasteiger partial charge in [-0.05, 0) is 24.3 Å². The minimum atomic E-state index is -0.0461. The zero-order chi connectivity index (χ0) is 17.1. The van der Waals surface area contributed by atoms with Gasteiger partial charge in [0.25, 0.3) is 5.91 Å². The van der Waals surface area contributed by atoms with E-state index in [0.29, 0.717) is 12.1 Å². The van der Waals surface area contributed by atoms with Crippen molar-refractivity contribution in [2.24, 2.45) is 0 Å². The number of nitrogens with zero attached hydrogens (tertiary/aromatic N) is 2. The summed E-state index contributed by atoms with van der Waals surface area (Å²) in [5, 5.41) is 3.10. The molecule has 5 nitrogen and oxygen atoms in total. The summed E-state index contributed by atoms with van der Waals surface area (Å²) in [6.45, 7) is 2.64. The summed E-state index contributed by atoms with van der Waals surface area (Å²) in [6, 6.07) is 7.78. The summed E-state index contributed by atoms with van der Waals surface area (Å²) in [4.78, 5) is 19.3. The molecule has 1 N–H and O–H groups in total. The molecule has 130 valence electrons. The second-order valence-corrected chi connectivity index (χ2v) is 8.08. The van der Waals surface area contributed by atoms with Gasteiger partial charge in [-0.2, -0.15) is 11.8 Å². The van der Waals surface area contributed by atoms with Gasteiger partial charge in [0, 0.05) is 42.3 Å². The molecule has 0 bridgehead atoms. The minimum Gasteiger partial charge on any atom is -0.472 e. The number of nitrogens with one attached hydrogen (secondary N) is 1. The van der Waals surface area contributed by atoms with Crippen molar-refractivity contribution in [1.29, 1.82) is 0 Å². The molecule has 1 fully saturated rings. The highest BCUT2D eigenvalue weighted by molar-refractivity contribution is 7.99. The molecule has 25 heavy (non-hydrogen) atoms. The number of benzene rings is 1. The molecule has 0 spiro atoms. The molecular formula is C18H19N3O2S2. The lowest BCUT2D eigenvalue weighted by Crippen LogP contribution is -2.41. The van der Waals surface area contributed by atoms with Crippen molar-refractivity contribution in [1.82, 2.24) is 15.2 Å².